The van der Waals surface area contributed by atoms with Gasteiger partial charge in [-0.25, -0.2) is 9.78 Å². The average Bonchev–Trinajstić information content (AvgIpc) is 3.24. The predicted molar refractivity (Wildman–Crippen MR) is 132 cm³/mol. The number of piperidine rings is 1. The van der Waals surface area contributed by atoms with Crippen molar-refractivity contribution in [3.8, 4) is 17.1 Å². The summed E-state index contributed by atoms with van der Waals surface area (Å²) in [7, 11) is 3.21. The summed E-state index contributed by atoms with van der Waals surface area (Å²) in [6.07, 6.45) is -2.81. The fourth-order valence-corrected chi connectivity index (χ4v) is 4.57. The molecule has 0 radical (unpaired) electrons. The van der Waals surface area contributed by atoms with Crippen molar-refractivity contribution in [2.45, 2.75) is 38.5 Å². The molecule has 0 aliphatic carbocycles. The quantitative estimate of drug-likeness (QED) is 0.486. The molecule has 2 heterocycles. The maximum absolute atomic E-state index is 12.9. The lowest BCUT2D eigenvalue weighted by Gasteiger charge is -2.38. The van der Waals surface area contributed by atoms with Crippen LogP contribution in [0.5, 0.6) is 5.75 Å². The van der Waals surface area contributed by atoms with Crippen molar-refractivity contribution >= 4 is 11.7 Å². The first kappa shape index (κ1) is 25.6. The molecule has 0 unspecified atom stereocenters. The normalized spacial score (nSPS) is 15.1. The van der Waals surface area contributed by atoms with Crippen LogP contribution >= 0.6 is 0 Å². The Morgan fingerprint density at radius 3 is 2.44 bits per heavy atom. The SMILES string of the molecule is CNC(=O)N(c1ccccc1OC)C1CCN(Cc2nc(-c3ccc(C(F)(F)F)cc3)[nH]c2C)CC1. The lowest BCUT2D eigenvalue weighted by Crippen LogP contribution is -2.50. The number of carbonyl (C=O) groups is 1. The number of halogens is 3. The van der Waals surface area contributed by atoms with Gasteiger partial charge in [0.15, 0.2) is 0 Å². The van der Waals surface area contributed by atoms with Crippen molar-refractivity contribution in [2.24, 2.45) is 0 Å². The lowest BCUT2D eigenvalue weighted by atomic mass is 10.0. The number of anilines is 1. The van der Waals surface area contributed by atoms with Gasteiger partial charge in [-0.3, -0.25) is 9.80 Å². The highest BCUT2D eigenvalue weighted by molar-refractivity contribution is 5.94. The third kappa shape index (κ3) is 5.48. The van der Waals surface area contributed by atoms with E-state index in [1.54, 1.807) is 19.1 Å². The maximum atomic E-state index is 12.9. The van der Waals surface area contributed by atoms with Crippen molar-refractivity contribution in [3.05, 3.63) is 65.5 Å². The Hall–Kier alpha value is -3.53. The number of imidazole rings is 1. The number of carbonyl (C=O) groups excluding carboxylic acids is 1. The van der Waals surface area contributed by atoms with Crippen molar-refractivity contribution < 1.29 is 22.7 Å². The van der Waals surface area contributed by atoms with Crippen LogP contribution in [0, 0.1) is 6.92 Å². The first-order valence-corrected chi connectivity index (χ1v) is 11.8. The summed E-state index contributed by atoms with van der Waals surface area (Å²) in [5, 5.41) is 2.74. The van der Waals surface area contributed by atoms with E-state index < -0.39 is 11.7 Å². The number of alkyl halides is 3. The van der Waals surface area contributed by atoms with E-state index in [4.69, 9.17) is 4.74 Å². The van der Waals surface area contributed by atoms with Crippen molar-refractivity contribution in [1.29, 1.82) is 0 Å². The number of likely N-dealkylation sites (tertiary alicyclic amines) is 1. The van der Waals surface area contributed by atoms with E-state index in [9.17, 15) is 18.0 Å². The molecular formula is C26H30F3N5O2. The fourth-order valence-electron chi connectivity index (χ4n) is 4.57. The molecule has 36 heavy (non-hydrogen) atoms. The Bertz CT molecular complexity index is 1190. The molecule has 3 aromatic rings. The van der Waals surface area contributed by atoms with E-state index >= 15 is 0 Å². The standard InChI is InChI=1S/C26H30F3N5O2/c1-17-21(32-24(31-17)18-8-10-19(11-9-18)26(27,28)29)16-33-14-12-20(13-15-33)34(25(35)30-2)22-6-4-5-7-23(22)36-3/h4-11,20H,12-16H2,1-3H3,(H,30,35)(H,31,32). The van der Waals surface area contributed by atoms with Crippen molar-refractivity contribution in [2.75, 3.05) is 32.1 Å². The molecule has 0 saturated carbocycles. The van der Waals surface area contributed by atoms with Gasteiger partial charge in [0.2, 0.25) is 0 Å². The monoisotopic (exact) mass is 501 g/mol. The molecule has 2 aromatic carbocycles. The first-order valence-electron chi connectivity index (χ1n) is 11.8. The van der Waals surface area contributed by atoms with E-state index in [2.05, 4.69) is 20.2 Å². The molecule has 1 fully saturated rings. The number of hydrogen-bond acceptors (Lipinski definition) is 4. The summed E-state index contributed by atoms with van der Waals surface area (Å²) in [5.74, 6) is 1.19. The smallest absolute Gasteiger partial charge is 0.416 e. The van der Waals surface area contributed by atoms with Gasteiger partial charge in [0.05, 0.1) is 24.1 Å². The number of nitrogens with one attached hydrogen (secondary N) is 2. The van der Waals surface area contributed by atoms with Gasteiger partial charge in [-0.05, 0) is 44.0 Å². The van der Waals surface area contributed by atoms with Crippen LogP contribution in [0.3, 0.4) is 0 Å². The van der Waals surface area contributed by atoms with Crippen molar-refractivity contribution in [3.63, 3.8) is 0 Å². The number of amides is 2. The van der Waals surface area contributed by atoms with Gasteiger partial charge in [-0.15, -0.1) is 0 Å². The number of aromatic amines is 1. The minimum Gasteiger partial charge on any atom is -0.495 e. The number of benzene rings is 2. The van der Waals surface area contributed by atoms with Gasteiger partial charge in [0, 0.05) is 44.0 Å². The zero-order valence-electron chi connectivity index (χ0n) is 20.5. The summed E-state index contributed by atoms with van der Waals surface area (Å²) < 4.78 is 44.1. The highest BCUT2D eigenvalue weighted by Crippen LogP contribution is 2.33. The Morgan fingerprint density at radius 1 is 1.17 bits per heavy atom. The van der Waals surface area contributed by atoms with Gasteiger partial charge in [0.25, 0.3) is 0 Å². The van der Waals surface area contributed by atoms with Crippen LogP contribution in [-0.2, 0) is 12.7 Å². The van der Waals surface area contributed by atoms with Gasteiger partial charge in [0.1, 0.15) is 11.6 Å². The van der Waals surface area contributed by atoms with Crippen LogP contribution in [0.1, 0.15) is 29.8 Å². The molecular weight excluding hydrogens is 471 g/mol. The summed E-state index contributed by atoms with van der Waals surface area (Å²) >= 11 is 0. The largest absolute Gasteiger partial charge is 0.495 e. The average molecular weight is 502 g/mol. The summed E-state index contributed by atoms with van der Waals surface area (Å²) in [4.78, 5) is 24.7. The molecule has 0 bridgehead atoms. The molecule has 1 aliphatic rings. The van der Waals surface area contributed by atoms with Crippen molar-refractivity contribution in [1.82, 2.24) is 20.2 Å². The minimum absolute atomic E-state index is 0.0143. The van der Waals surface area contributed by atoms with Gasteiger partial charge in [-0.1, -0.05) is 24.3 Å². The van der Waals surface area contributed by atoms with Gasteiger partial charge >= 0.3 is 12.2 Å². The van der Waals surface area contributed by atoms with E-state index in [0.717, 1.165) is 55.1 Å². The van der Waals surface area contributed by atoms with Crippen LogP contribution < -0.4 is 15.0 Å². The summed E-state index contributed by atoms with van der Waals surface area (Å²) in [6.45, 7) is 4.08. The molecule has 0 spiro atoms. The maximum Gasteiger partial charge on any atom is 0.416 e. The van der Waals surface area contributed by atoms with E-state index in [1.165, 1.54) is 12.1 Å². The number of para-hydroxylation sites is 2. The Labute approximate surface area is 208 Å². The molecule has 192 valence electrons. The second-order valence-corrected chi connectivity index (χ2v) is 8.84. The number of H-pyrrole nitrogens is 1. The van der Waals surface area contributed by atoms with E-state index in [1.807, 2.05) is 31.2 Å². The van der Waals surface area contributed by atoms with Crippen LogP contribution in [0.4, 0.5) is 23.7 Å². The number of rotatable bonds is 6. The number of urea groups is 1. The number of ether oxygens (including phenoxy) is 1. The number of methoxy groups -OCH3 is 1. The van der Waals surface area contributed by atoms with Crippen LogP contribution in [0.15, 0.2) is 48.5 Å². The zero-order valence-corrected chi connectivity index (χ0v) is 20.5. The first-order chi connectivity index (χ1) is 17.2. The topological polar surface area (TPSA) is 73.5 Å². The molecule has 4 rings (SSSR count). The van der Waals surface area contributed by atoms with E-state index in [0.29, 0.717) is 23.7 Å². The third-order valence-electron chi connectivity index (χ3n) is 6.54. The second kappa shape index (κ2) is 10.6. The van der Waals surface area contributed by atoms with Crippen LogP contribution in [0.25, 0.3) is 11.4 Å². The Morgan fingerprint density at radius 2 is 1.83 bits per heavy atom. The number of aromatic nitrogens is 2. The van der Waals surface area contributed by atoms with Crippen LogP contribution in [-0.4, -0.2) is 54.2 Å². The highest BCUT2D eigenvalue weighted by atomic mass is 19.4. The van der Waals surface area contributed by atoms with Crippen LogP contribution in [0.2, 0.25) is 0 Å². The zero-order chi connectivity index (χ0) is 25.9. The molecule has 1 aliphatic heterocycles. The number of nitrogens with zero attached hydrogens (tertiary/aromatic N) is 3. The Kier molecular flexibility index (Phi) is 7.53. The molecule has 2 amide bonds. The molecule has 0 atom stereocenters. The Balaban J connectivity index is 1.43. The fraction of sp³-hybridized carbons (Fsp3) is 0.385. The van der Waals surface area contributed by atoms with E-state index in [-0.39, 0.29) is 12.1 Å². The summed E-state index contributed by atoms with van der Waals surface area (Å²) in [6, 6.07) is 12.3. The number of aryl methyl sites for hydroxylation is 1. The molecule has 1 saturated heterocycles. The lowest BCUT2D eigenvalue weighted by molar-refractivity contribution is -0.137. The highest BCUT2D eigenvalue weighted by Gasteiger charge is 2.31. The number of hydrogen-bond donors (Lipinski definition) is 2. The van der Waals surface area contributed by atoms with Gasteiger partial charge in [-0.2, -0.15) is 13.2 Å². The predicted octanol–water partition coefficient (Wildman–Crippen LogP) is 5.22. The van der Waals surface area contributed by atoms with Gasteiger partial charge < -0.3 is 15.0 Å². The second-order valence-electron chi connectivity index (χ2n) is 8.84. The molecule has 2 N–H and O–H groups in total. The third-order valence-corrected chi connectivity index (χ3v) is 6.54. The minimum atomic E-state index is -4.37. The molecule has 10 heteroatoms. The molecule has 7 nitrogen and oxygen atoms in total. The molecule has 1 aromatic heterocycles. The summed E-state index contributed by atoms with van der Waals surface area (Å²) in [5.41, 5.74) is 2.40.